The molecule has 0 radical (unpaired) electrons. The molecule has 0 atom stereocenters. The van der Waals surface area contributed by atoms with Crippen molar-refractivity contribution in [2.75, 3.05) is 24.7 Å². The van der Waals surface area contributed by atoms with Gasteiger partial charge in [-0.05, 0) is 62.1 Å². The summed E-state index contributed by atoms with van der Waals surface area (Å²) in [7, 11) is 0. The van der Waals surface area contributed by atoms with Crippen LogP contribution < -0.4 is 11.5 Å². The molecular weight excluding hydrogens is 332 g/mol. The number of anilines is 2. The summed E-state index contributed by atoms with van der Waals surface area (Å²) in [5.74, 6) is -0.769. The van der Waals surface area contributed by atoms with E-state index in [1.807, 2.05) is 12.1 Å². The number of nitrogens with two attached hydrogens (primary N) is 2. The number of hydrogen-bond donors (Lipinski definition) is 2. The molecule has 0 fully saturated rings. The summed E-state index contributed by atoms with van der Waals surface area (Å²) in [5.41, 5.74) is 15.9. The van der Waals surface area contributed by atoms with E-state index in [1.165, 1.54) is 0 Å². The van der Waals surface area contributed by atoms with E-state index in [-0.39, 0.29) is 11.9 Å². The molecule has 0 saturated heterocycles. The van der Waals surface area contributed by atoms with Crippen molar-refractivity contribution in [1.29, 1.82) is 0 Å². The van der Waals surface area contributed by atoms with Crippen LogP contribution in [0.15, 0.2) is 36.4 Å². The number of esters is 2. The average molecular weight is 356 g/mol. The van der Waals surface area contributed by atoms with Crippen LogP contribution in [0.1, 0.15) is 45.7 Å². The molecule has 0 aliphatic rings. The van der Waals surface area contributed by atoms with E-state index in [1.54, 1.807) is 38.1 Å². The van der Waals surface area contributed by atoms with Crippen LogP contribution in [0.5, 0.6) is 0 Å². The predicted molar refractivity (Wildman–Crippen MR) is 101 cm³/mol. The van der Waals surface area contributed by atoms with Crippen molar-refractivity contribution < 1.29 is 19.1 Å². The van der Waals surface area contributed by atoms with E-state index >= 15 is 0 Å². The van der Waals surface area contributed by atoms with Crippen molar-refractivity contribution in [3.63, 3.8) is 0 Å². The van der Waals surface area contributed by atoms with Gasteiger partial charge in [0.25, 0.3) is 0 Å². The van der Waals surface area contributed by atoms with Crippen LogP contribution in [0.25, 0.3) is 0 Å². The lowest BCUT2D eigenvalue weighted by Gasteiger charge is -2.10. The Morgan fingerprint density at radius 3 is 1.46 bits per heavy atom. The number of ether oxygens (including phenoxy) is 2. The Morgan fingerprint density at radius 1 is 0.769 bits per heavy atom. The summed E-state index contributed by atoms with van der Waals surface area (Å²) in [6.07, 6.45) is 1.33. The van der Waals surface area contributed by atoms with Crippen molar-refractivity contribution in [3.8, 4) is 0 Å². The fraction of sp³-hybridized carbons (Fsp3) is 0.300. The van der Waals surface area contributed by atoms with Gasteiger partial charge >= 0.3 is 11.9 Å². The van der Waals surface area contributed by atoms with Gasteiger partial charge in [0.05, 0.1) is 24.3 Å². The Balaban J connectivity index is 2.07. The fourth-order valence-corrected chi connectivity index (χ4v) is 2.60. The molecule has 4 N–H and O–H groups in total. The maximum absolute atomic E-state index is 11.7. The van der Waals surface area contributed by atoms with Gasteiger partial charge in [-0.2, -0.15) is 0 Å². The smallest absolute Gasteiger partial charge is 0.338 e. The monoisotopic (exact) mass is 356 g/mol. The standard InChI is InChI=1S/C20H24N2O4/c1-3-25-19(23)15-9-7-13(17(21)11-15)5-6-14-8-10-16(12-18(14)22)20(24)26-4-2/h7-12H,3-6,21-22H2,1-2H3. The second kappa shape index (κ2) is 8.89. The third-order valence-corrected chi connectivity index (χ3v) is 3.98. The maximum atomic E-state index is 11.7. The van der Waals surface area contributed by atoms with Gasteiger partial charge in [0, 0.05) is 11.4 Å². The molecule has 0 amide bonds. The first-order chi connectivity index (χ1) is 12.5. The summed E-state index contributed by atoms with van der Waals surface area (Å²) in [5, 5.41) is 0. The van der Waals surface area contributed by atoms with Crippen LogP contribution in [0, 0.1) is 0 Å². The molecule has 0 unspecified atom stereocenters. The quantitative estimate of drug-likeness (QED) is 0.584. The van der Waals surface area contributed by atoms with Gasteiger partial charge in [-0.1, -0.05) is 12.1 Å². The van der Waals surface area contributed by atoms with Crippen LogP contribution in [0.3, 0.4) is 0 Å². The summed E-state index contributed by atoms with van der Waals surface area (Å²) in [6.45, 7) is 4.16. The van der Waals surface area contributed by atoms with Crippen LogP contribution in [-0.4, -0.2) is 25.2 Å². The number of benzene rings is 2. The molecule has 0 aliphatic carbocycles. The van der Waals surface area contributed by atoms with E-state index in [4.69, 9.17) is 20.9 Å². The first kappa shape index (κ1) is 19.3. The Bertz CT molecular complexity index is 735. The van der Waals surface area contributed by atoms with Crippen molar-refractivity contribution in [3.05, 3.63) is 58.7 Å². The molecule has 138 valence electrons. The molecule has 2 aromatic carbocycles. The molecule has 26 heavy (non-hydrogen) atoms. The van der Waals surface area contributed by atoms with Crippen LogP contribution >= 0.6 is 0 Å². The lowest BCUT2D eigenvalue weighted by atomic mass is 9.99. The second-order valence-electron chi connectivity index (χ2n) is 5.77. The van der Waals surface area contributed by atoms with Gasteiger partial charge in [0.1, 0.15) is 0 Å². The van der Waals surface area contributed by atoms with Gasteiger partial charge in [-0.3, -0.25) is 0 Å². The fourth-order valence-electron chi connectivity index (χ4n) is 2.60. The van der Waals surface area contributed by atoms with Gasteiger partial charge in [0.2, 0.25) is 0 Å². The normalized spacial score (nSPS) is 10.4. The van der Waals surface area contributed by atoms with Gasteiger partial charge in [-0.25, -0.2) is 9.59 Å². The van der Waals surface area contributed by atoms with Crippen LogP contribution in [-0.2, 0) is 22.3 Å². The highest BCUT2D eigenvalue weighted by molar-refractivity contribution is 5.91. The van der Waals surface area contributed by atoms with Gasteiger partial charge in [-0.15, -0.1) is 0 Å². The highest BCUT2D eigenvalue weighted by Crippen LogP contribution is 2.21. The number of rotatable bonds is 7. The van der Waals surface area contributed by atoms with E-state index in [9.17, 15) is 9.59 Å². The predicted octanol–water partition coefficient (Wildman–Crippen LogP) is 2.99. The number of carbonyl (C=O) groups excluding carboxylic acids is 2. The largest absolute Gasteiger partial charge is 0.462 e. The van der Waals surface area contributed by atoms with E-state index < -0.39 is 0 Å². The molecular formula is C20H24N2O4. The number of carbonyl (C=O) groups is 2. The van der Waals surface area contributed by atoms with E-state index in [2.05, 4.69) is 0 Å². The van der Waals surface area contributed by atoms with E-state index in [0.717, 1.165) is 11.1 Å². The lowest BCUT2D eigenvalue weighted by molar-refractivity contribution is 0.0517. The van der Waals surface area contributed by atoms with Crippen molar-refractivity contribution in [2.45, 2.75) is 26.7 Å². The van der Waals surface area contributed by atoms with Crippen LogP contribution in [0.2, 0.25) is 0 Å². The molecule has 2 aromatic rings. The van der Waals surface area contributed by atoms with Crippen molar-refractivity contribution >= 4 is 23.3 Å². The highest BCUT2D eigenvalue weighted by Gasteiger charge is 2.11. The van der Waals surface area contributed by atoms with E-state index in [0.29, 0.717) is 48.6 Å². The van der Waals surface area contributed by atoms with Crippen LogP contribution in [0.4, 0.5) is 11.4 Å². The Kier molecular flexibility index (Phi) is 6.60. The van der Waals surface area contributed by atoms with Crippen molar-refractivity contribution in [1.82, 2.24) is 0 Å². The summed E-state index contributed by atoms with van der Waals surface area (Å²) >= 11 is 0. The molecule has 0 saturated carbocycles. The Morgan fingerprint density at radius 2 is 1.15 bits per heavy atom. The summed E-state index contributed by atoms with van der Waals surface area (Å²) in [4.78, 5) is 23.5. The number of nitrogen functional groups attached to an aromatic ring is 2. The minimum absolute atomic E-state index is 0.321. The molecule has 0 bridgehead atoms. The number of aryl methyl sites for hydroxylation is 2. The number of hydrogen-bond acceptors (Lipinski definition) is 6. The topological polar surface area (TPSA) is 105 Å². The summed E-state index contributed by atoms with van der Waals surface area (Å²) in [6, 6.07) is 10.3. The average Bonchev–Trinajstić information content (AvgIpc) is 2.61. The molecule has 6 nitrogen and oxygen atoms in total. The SMILES string of the molecule is CCOC(=O)c1ccc(CCc2ccc(C(=O)OCC)cc2N)c(N)c1. The Hall–Kier alpha value is -3.02. The molecule has 0 aliphatic heterocycles. The third-order valence-electron chi connectivity index (χ3n) is 3.98. The highest BCUT2D eigenvalue weighted by atomic mass is 16.5. The zero-order chi connectivity index (χ0) is 19.1. The molecule has 0 aromatic heterocycles. The second-order valence-corrected chi connectivity index (χ2v) is 5.77. The first-order valence-corrected chi connectivity index (χ1v) is 8.57. The van der Waals surface area contributed by atoms with Gasteiger partial charge in [0.15, 0.2) is 0 Å². The molecule has 0 heterocycles. The maximum Gasteiger partial charge on any atom is 0.338 e. The van der Waals surface area contributed by atoms with Gasteiger partial charge < -0.3 is 20.9 Å². The third kappa shape index (κ3) is 4.75. The molecule has 0 spiro atoms. The minimum Gasteiger partial charge on any atom is -0.462 e. The molecule has 6 heteroatoms. The van der Waals surface area contributed by atoms with Crippen molar-refractivity contribution in [2.24, 2.45) is 0 Å². The first-order valence-electron chi connectivity index (χ1n) is 8.57. The zero-order valence-electron chi connectivity index (χ0n) is 15.1. The lowest BCUT2D eigenvalue weighted by Crippen LogP contribution is -2.08. The summed E-state index contributed by atoms with van der Waals surface area (Å²) < 4.78 is 9.93. The Labute approximate surface area is 153 Å². The zero-order valence-corrected chi connectivity index (χ0v) is 15.1. The minimum atomic E-state index is -0.385. The molecule has 2 rings (SSSR count).